The van der Waals surface area contributed by atoms with Crippen LogP contribution in [0.5, 0.6) is 5.75 Å². The van der Waals surface area contributed by atoms with E-state index in [4.69, 9.17) is 9.47 Å². The fourth-order valence-corrected chi connectivity index (χ4v) is 1.64. The molecule has 1 aromatic rings. The zero-order valence-electron chi connectivity index (χ0n) is 11.9. The Morgan fingerprint density at radius 3 is 2.65 bits per heavy atom. The van der Waals surface area contributed by atoms with Crippen molar-refractivity contribution in [3.63, 3.8) is 0 Å². The predicted octanol–water partition coefficient (Wildman–Crippen LogP) is 1.43. The Labute approximate surface area is 117 Å². The van der Waals surface area contributed by atoms with Crippen LogP contribution in [0.3, 0.4) is 0 Å². The minimum Gasteiger partial charge on any atom is -0.491 e. The van der Waals surface area contributed by atoms with Crippen molar-refractivity contribution in [1.82, 2.24) is 5.32 Å². The van der Waals surface area contributed by atoms with Gasteiger partial charge in [0, 0.05) is 6.07 Å². The van der Waals surface area contributed by atoms with Crippen molar-refractivity contribution in [1.29, 1.82) is 0 Å². The molecular weight excluding hydrogens is 264 g/mol. The number of likely N-dealkylation sites (N-methyl/N-ethyl adjacent to an activating group) is 1. The molecule has 20 heavy (non-hydrogen) atoms. The number of nitro benzene ring substituents is 1. The number of benzene rings is 1. The summed E-state index contributed by atoms with van der Waals surface area (Å²) in [5.74, 6) is -0.104. The molecule has 0 aliphatic carbocycles. The molecule has 0 heterocycles. The van der Waals surface area contributed by atoms with Gasteiger partial charge in [0.1, 0.15) is 17.9 Å². The van der Waals surface area contributed by atoms with Crippen LogP contribution >= 0.6 is 0 Å². The van der Waals surface area contributed by atoms with Crippen LogP contribution in [0.4, 0.5) is 5.69 Å². The molecule has 7 heteroatoms. The van der Waals surface area contributed by atoms with Gasteiger partial charge in [-0.15, -0.1) is 0 Å². The van der Waals surface area contributed by atoms with E-state index < -0.39 is 16.4 Å². The Kier molecular flexibility index (Phi) is 5.04. The number of rotatable bonds is 6. The lowest BCUT2D eigenvalue weighted by atomic mass is 10.0. The number of methoxy groups -OCH3 is 1. The minimum absolute atomic E-state index is 0.00180. The largest absolute Gasteiger partial charge is 0.491 e. The zero-order chi connectivity index (χ0) is 15.3. The smallest absolute Gasteiger partial charge is 0.329 e. The third kappa shape index (κ3) is 3.24. The summed E-state index contributed by atoms with van der Waals surface area (Å²) in [7, 11) is 2.90. The average molecular weight is 282 g/mol. The van der Waals surface area contributed by atoms with Crippen LogP contribution in [0.25, 0.3) is 0 Å². The van der Waals surface area contributed by atoms with Gasteiger partial charge in [0.2, 0.25) is 0 Å². The van der Waals surface area contributed by atoms with Crippen molar-refractivity contribution in [2.75, 3.05) is 20.8 Å². The number of nitrogens with one attached hydrogen (secondary N) is 1. The number of nitrogens with zero attached hydrogens (tertiary/aromatic N) is 1. The van der Waals surface area contributed by atoms with Gasteiger partial charge >= 0.3 is 5.97 Å². The van der Waals surface area contributed by atoms with Crippen LogP contribution in [0.15, 0.2) is 18.2 Å². The molecule has 1 N–H and O–H groups in total. The van der Waals surface area contributed by atoms with Gasteiger partial charge in [0.25, 0.3) is 5.69 Å². The lowest BCUT2D eigenvalue weighted by Gasteiger charge is -2.26. The van der Waals surface area contributed by atoms with Crippen molar-refractivity contribution in [2.45, 2.75) is 19.4 Å². The summed E-state index contributed by atoms with van der Waals surface area (Å²) in [5.41, 5.74) is -0.626. The molecule has 110 valence electrons. The Morgan fingerprint density at radius 2 is 2.15 bits per heavy atom. The normalized spacial score (nSPS) is 13.4. The maximum atomic E-state index is 11.7. The van der Waals surface area contributed by atoms with Crippen LogP contribution < -0.4 is 10.1 Å². The molecule has 0 fully saturated rings. The van der Waals surface area contributed by atoms with Crippen molar-refractivity contribution >= 4 is 11.7 Å². The topological polar surface area (TPSA) is 90.7 Å². The highest BCUT2D eigenvalue weighted by Gasteiger charge is 2.34. The summed E-state index contributed by atoms with van der Waals surface area (Å²) in [6.07, 6.45) is 0. The van der Waals surface area contributed by atoms with Crippen LogP contribution in [-0.4, -0.2) is 37.2 Å². The lowest BCUT2D eigenvalue weighted by Crippen LogP contribution is -2.52. The van der Waals surface area contributed by atoms with E-state index in [1.54, 1.807) is 27.0 Å². The Morgan fingerprint density at radius 1 is 1.50 bits per heavy atom. The van der Waals surface area contributed by atoms with Gasteiger partial charge in [0.05, 0.1) is 17.6 Å². The maximum absolute atomic E-state index is 11.7. The van der Waals surface area contributed by atoms with Crippen molar-refractivity contribution in [3.05, 3.63) is 33.9 Å². The van der Waals surface area contributed by atoms with Gasteiger partial charge < -0.3 is 14.8 Å². The summed E-state index contributed by atoms with van der Waals surface area (Å²) >= 11 is 0. The number of nitro groups is 1. The van der Waals surface area contributed by atoms with Gasteiger partial charge in [-0.3, -0.25) is 10.1 Å². The molecule has 1 rings (SSSR count). The van der Waals surface area contributed by atoms with Crippen molar-refractivity contribution in [3.8, 4) is 5.75 Å². The van der Waals surface area contributed by atoms with E-state index in [9.17, 15) is 14.9 Å². The standard InChI is InChI=1S/C13H18N2O5/c1-9-10(15(17)18)6-5-7-11(9)20-8-13(2,14-3)12(16)19-4/h5-7,14H,8H2,1-4H3. The van der Waals surface area contributed by atoms with E-state index in [0.29, 0.717) is 11.3 Å². The number of carbonyl (C=O) groups excluding carboxylic acids is 1. The summed E-state index contributed by atoms with van der Waals surface area (Å²) in [5, 5.41) is 13.7. The zero-order valence-corrected chi connectivity index (χ0v) is 11.9. The summed E-state index contributed by atoms with van der Waals surface area (Å²) < 4.78 is 10.2. The van der Waals surface area contributed by atoms with Crippen molar-refractivity contribution in [2.24, 2.45) is 0 Å². The number of carbonyl (C=O) groups is 1. The van der Waals surface area contributed by atoms with E-state index in [1.807, 2.05) is 0 Å². The van der Waals surface area contributed by atoms with Gasteiger partial charge in [-0.25, -0.2) is 4.79 Å². The van der Waals surface area contributed by atoms with Crippen LogP contribution in [0.1, 0.15) is 12.5 Å². The first-order valence-electron chi connectivity index (χ1n) is 6.00. The Bertz CT molecular complexity index is 517. The molecule has 0 aliphatic heterocycles. The first-order chi connectivity index (χ1) is 9.35. The average Bonchev–Trinajstić information content (AvgIpc) is 2.44. The van der Waals surface area contributed by atoms with Gasteiger partial charge in [0.15, 0.2) is 0 Å². The molecule has 0 amide bonds. The van der Waals surface area contributed by atoms with Gasteiger partial charge in [-0.2, -0.15) is 0 Å². The molecule has 0 aromatic heterocycles. The molecule has 0 saturated carbocycles. The predicted molar refractivity (Wildman–Crippen MR) is 72.8 cm³/mol. The molecule has 0 aliphatic rings. The van der Waals surface area contributed by atoms with Crippen molar-refractivity contribution < 1.29 is 19.2 Å². The summed E-state index contributed by atoms with van der Waals surface area (Å²) in [4.78, 5) is 22.1. The number of esters is 1. The van der Waals surface area contributed by atoms with Crippen LogP contribution in [-0.2, 0) is 9.53 Å². The third-order valence-electron chi connectivity index (χ3n) is 3.16. The third-order valence-corrected chi connectivity index (χ3v) is 3.16. The van der Waals surface area contributed by atoms with Gasteiger partial charge in [-0.1, -0.05) is 6.07 Å². The second kappa shape index (κ2) is 6.33. The van der Waals surface area contributed by atoms with E-state index >= 15 is 0 Å². The molecule has 7 nitrogen and oxygen atoms in total. The molecule has 1 atom stereocenters. The van der Waals surface area contributed by atoms with Crippen LogP contribution in [0, 0.1) is 17.0 Å². The van der Waals surface area contributed by atoms with E-state index in [0.717, 1.165) is 0 Å². The van der Waals surface area contributed by atoms with Gasteiger partial charge in [-0.05, 0) is 27.0 Å². The molecular formula is C13H18N2O5. The molecule has 1 aromatic carbocycles. The van der Waals surface area contributed by atoms with E-state index in [1.165, 1.54) is 19.2 Å². The Hall–Kier alpha value is -2.15. The highest BCUT2D eigenvalue weighted by molar-refractivity contribution is 5.80. The number of ether oxygens (including phenoxy) is 2. The summed E-state index contributed by atoms with van der Waals surface area (Å²) in [6, 6.07) is 4.56. The van der Waals surface area contributed by atoms with E-state index in [-0.39, 0.29) is 12.3 Å². The highest BCUT2D eigenvalue weighted by Crippen LogP contribution is 2.27. The first kappa shape index (κ1) is 15.9. The monoisotopic (exact) mass is 282 g/mol. The minimum atomic E-state index is -1.02. The lowest BCUT2D eigenvalue weighted by molar-refractivity contribution is -0.385. The highest BCUT2D eigenvalue weighted by atomic mass is 16.6. The second-order valence-corrected chi connectivity index (χ2v) is 4.52. The number of hydrogen-bond acceptors (Lipinski definition) is 6. The fourth-order valence-electron chi connectivity index (χ4n) is 1.64. The molecule has 0 saturated heterocycles. The molecule has 0 bridgehead atoms. The van der Waals surface area contributed by atoms with E-state index in [2.05, 4.69) is 5.32 Å². The van der Waals surface area contributed by atoms with Crippen LogP contribution in [0.2, 0.25) is 0 Å². The quantitative estimate of drug-likeness (QED) is 0.482. The second-order valence-electron chi connectivity index (χ2n) is 4.52. The summed E-state index contributed by atoms with van der Waals surface area (Å²) in [6.45, 7) is 3.23. The number of hydrogen-bond donors (Lipinski definition) is 1. The SMILES string of the molecule is CNC(C)(COc1cccc([N+](=O)[O-])c1C)C(=O)OC. The first-order valence-corrected chi connectivity index (χ1v) is 6.00. The molecule has 0 radical (unpaired) electrons. The molecule has 1 unspecified atom stereocenters. The fraction of sp³-hybridized carbons (Fsp3) is 0.462. The molecule has 0 spiro atoms. The Balaban J connectivity index is 2.92. The maximum Gasteiger partial charge on any atom is 0.329 e.